The number of carboxylic acids is 2. The minimum Gasteiger partial charge on any atom is -0.481 e. The molecule has 0 radical (unpaired) electrons. The Morgan fingerprint density at radius 2 is 1.46 bits per heavy atom. The summed E-state index contributed by atoms with van der Waals surface area (Å²) >= 11 is 0. The summed E-state index contributed by atoms with van der Waals surface area (Å²) in [6, 6.07) is 4.09. The third kappa shape index (κ3) is 12.7. The van der Waals surface area contributed by atoms with Crippen LogP contribution < -0.4 is 33.2 Å². The molecule has 0 aliphatic heterocycles. The summed E-state index contributed by atoms with van der Waals surface area (Å²) in [4.78, 5) is 65.4. The second-order valence-electron chi connectivity index (χ2n) is 9.37. The van der Waals surface area contributed by atoms with E-state index in [9.17, 15) is 29.1 Å². The number of carbonyl (C=O) groups excluding carboxylic acids is 3. The van der Waals surface area contributed by atoms with Crippen LogP contribution in [0.4, 0.5) is 0 Å². The highest BCUT2D eigenvalue weighted by atomic mass is 16.4. The number of benzene rings is 1. The Morgan fingerprint density at radius 1 is 0.872 bits per heavy atom. The summed E-state index contributed by atoms with van der Waals surface area (Å²) in [6.45, 7) is 3.42. The van der Waals surface area contributed by atoms with Crippen molar-refractivity contribution in [3.63, 3.8) is 0 Å². The molecule has 4 unspecified atom stereocenters. The van der Waals surface area contributed by atoms with Crippen molar-refractivity contribution in [2.45, 2.75) is 70.1 Å². The summed E-state index contributed by atoms with van der Waals surface area (Å²) in [5.74, 6) is -5.08. The Morgan fingerprint density at radius 3 is 2.00 bits per heavy atom. The zero-order chi connectivity index (χ0) is 29.5. The highest BCUT2D eigenvalue weighted by Crippen LogP contribution is 2.08. The fourth-order valence-corrected chi connectivity index (χ4v) is 3.56. The van der Waals surface area contributed by atoms with Crippen LogP contribution in [0, 0.1) is 5.92 Å². The highest BCUT2D eigenvalue weighted by Gasteiger charge is 2.31. The van der Waals surface area contributed by atoms with Crippen molar-refractivity contribution in [3.05, 3.63) is 35.9 Å². The van der Waals surface area contributed by atoms with Gasteiger partial charge in [-0.05, 0) is 30.7 Å². The Hall–Kier alpha value is -4.20. The number of carbonyl (C=O) groups is 5. The lowest BCUT2D eigenvalue weighted by molar-refractivity contribution is -0.143. The molecule has 14 nitrogen and oxygen atoms in total. The fraction of sp³-hybridized carbons (Fsp3) is 0.520. The Kier molecular flexibility index (Phi) is 14.0. The van der Waals surface area contributed by atoms with E-state index in [0.717, 1.165) is 0 Å². The quantitative estimate of drug-likeness (QED) is 0.0645. The molecule has 216 valence electrons. The molecule has 0 fully saturated rings. The molecule has 0 bridgehead atoms. The van der Waals surface area contributed by atoms with Crippen LogP contribution in [-0.4, -0.2) is 76.5 Å². The molecule has 0 heterocycles. The van der Waals surface area contributed by atoms with Crippen LogP contribution in [0.1, 0.15) is 45.1 Å². The number of nitrogens with two attached hydrogens (primary N) is 3. The topological polar surface area (TPSA) is 252 Å². The molecular weight excluding hydrogens is 510 g/mol. The van der Waals surface area contributed by atoms with Crippen LogP contribution in [0.2, 0.25) is 0 Å². The van der Waals surface area contributed by atoms with Crippen molar-refractivity contribution in [2.24, 2.45) is 28.1 Å². The lowest BCUT2D eigenvalue weighted by Crippen LogP contribution is -2.58. The van der Waals surface area contributed by atoms with E-state index in [1.807, 2.05) is 0 Å². The molecule has 0 spiro atoms. The Labute approximate surface area is 226 Å². The number of rotatable bonds is 17. The van der Waals surface area contributed by atoms with Crippen LogP contribution >= 0.6 is 0 Å². The Balaban J connectivity index is 3.14. The smallest absolute Gasteiger partial charge is 0.326 e. The van der Waals surface area contributed by atoms with Gasteiger partial charge in [0.05, 0.1) is 6.04 Å². The summed E-state index contributed by atoms with van der Waals surface area (Å²) in [7, 11) is 0. The molecule has 3 amide bonds. The van der Waals surface area contributed by atoms with E-state index < -0.39 is 59.7 Å². The van der Waals surface area contributed by atoms with Gasteiger partial charge in [0.15, 0.2) is 5.96 Å². The second-order valence-corrected chi connectivity index (χ2v) is 9.37. The molecule has 11 N–H and O–H groups in total. The maximum absolute atomic E-state index is 13.4. The van der Waals surface area contributed by atoms with Crippen molar-refractivity contribution in [3.8, 4) is 0 Å². The maximum atomic E-state index is 13.4. The zero-order valence-corrected chi connectivity index (χ0v) is 22.1. The lowest BCUT2D eigenvalue weighted by atomic mass is 10.0. The van der Waals surface area contributed by atoms with Gasteiger partial charge in [-0.15, -0.1) is 0 Å². The number of hydrogen-bond donors (Lipinski definition) is 8. The van der Waals surface area contributed by atoms with Gasteiger partial charge >= 0.3 is 11.9 Å². The molecule has 1 rings (SSSR count). The van der Waals surface area contributed by atoms with Crippen molar-refractivity contribution in [1.82, 2.24) is 16.0 Å². The summed E-state index contributed by atoms with van der Waals surface area (Å²) in [5, 5.41) is 25.9. The maximum Gasteiger partial charge on any atom is 0.326 e. The van der Waals surface area contributed by atoms with Gasteiger partial charge in [0.25, 0.3) is 0 Å². The van der Waals surface area contributed by atoms with Crippen molar-refractivity contribution in [1.29, 1.82) is 0 Å². The third-order valence-corrected chi connectivity index (χ3v) is 5.73. The molecule has 0 aliphatic carbocycles. The van der Waals surface area contributed by atoms with Gasteiger partial charge in [-0.2, -0.15) is 0 Å². The van der Waals surface area contributed by atoms with E-state index in [2.05, 4.69) is 20.9 Å². The number of carboxylic acid groups (broad SMARTS) is 2. The Bertz CT molecular complexity index is 1010. The van der Waals surface area contributed by atoms with Gasteiger partial charge in [0.1, 0.15) is 18.1 Å². The number of nitrogens with zero attached hydrogens (tertiary/aromatic N) is 1. The molecule has 4 atom stereocenters. The van der Waals surface area contributed by atoms with Crippen LogP contribution in [0.15, 0.2) is 35.3 Å². The minimum atomic E-state index is -1.23. The number of amides is 3. The number of aliphatic imine (C=N–C) groups is 1. The SMILES string of the molecule is CC(C)C(NC(=O)C(CCCN=C(N)N)NC(=O)C(Cc1ccccc1)NC(=O)C(N)CCC(=O)O)C(=O)O. The average molecular weight is 550 g/mol. The first-order chi connectivity index (χ1) is 18.3. The summed E-state index contributed by atoms with van der Waals surface area (Å²) in [6.07, 6.45) is -0.0598. The van der Waals surface area contributed by atoms with Crippen molar-refractivity contribution >= 4 is 35.6 Å². The predicted octanol–water partition coefficient (Wildman–Crippen LogP) is -1.33. The molecule has 0 saturated heterocycles. The average Bonchev–Trinajstić information content (AvgIpc) is 2.86. The van der Waals surface area contributed by atoms with E-state index in [1.165, 1.54) is 0 Å². The first-order valence-electron chi connectivity index (χ1n) is 12.5. The monoisotopic (exact) mass is 549 g/mol. The first kappa shape index (κ1) is 32.8. The fourth-order valence-electron chi connectivity index (χ4n) is 3.56. The lowest BCUT2D eigenvalue weighted by Gasteiger charge is -2.26. The van der Waals surface area contributed by atoms with E-state index in [1.54, 1.807) is 44.2 Å². The van der Waals surface area contributed by atoms with Crippen LogP contribution in [0.5, 0.6) is 0 Å². The molecule has 0 aromatic heterocycles. The summed E-state index contributed by atoms with van der Waals surface area (Å²) < 4.78 is 0. The minimum absolute atomic E-state index is 0.0517. The van der Waals surface area contributed by atoms with Crippen molar-refractivity contribution < 1.29 is 34.2 Å². The van der Waals surface area contributed by atoms with Crippen LogP contribution in [0.3, 0.4) is 0 Å². The molecule has 0 saturated carbocycles. The summed E-state index contributed by atoms with van der Waals surface area (Å²) in [5.41, 5.74) is 17.2. The largest absolute Gasteiger partial charge is 0.481 e. The molecule has 14 heteroatoms. The van der Waals surface area contributed by atoms with Crippen molar-refractivity contribution in [2.75, 3.05) is 6.54 Å². The van der Waals surface area contributed by atoms with E-state index >= 15 is 0 Å². The van der Waals surface area contributed by atoms with Gasteiger partial charge in [0, 0.05) is 19.4 Å². The predicted molar refractivity (Wildman–Crippen MR) is 143 cm³/mol. The molecule has 0 aliphatic rings. The van der Waals surface area contributed by atoms with E-state index in [0.29, 0.717) is 5.56 Å². The first-order valence-corrected chi connectivity index (χ1v) is 12.5. The van der Waals surface area contributed by atoms with Crippen LogP contribution in [-0.2, 0) is 30.4 Å². The molecule has 39 heavy (non-hydrogen) atoms. The third-order valence-electron chi connectivity index (χ3n) is 5.73. The van der Waals surface area contributed by atoms with Gasteiger partial charge < -0.3 is 43.4 Å². The van der Waals surface area contributed by atoms with Gasteiger partial charge in [0.2, 0.25) is 17.7 Å². The number of hydrogen-bond acceptors (Lipinski definition) is 7. The molecule has 1 aromatic carbocycles. The highest BCUT2D eigenvalue weighted by molar-refractivity contribution is 5.94. The van der Waals surface area contributed by atoms with Gasteiger partial charge in [-0.1, -0.05) is 44.2 Å². The molecular formula is C25H39N7O7. The number of guanidine groups is 1. The number of aliphatic carboxylic acids is 2. The standard InChI is InChI=1S/C25H39N7O7/c1-14(2)20(24(38)39)32-22(36)17(9-6-12-29-25(27)28)30-23(37)18(13-15-7-4-3-5-8-15)31-21(35)16(26)10-11-19(33)34/h3-5,7-8,14,16-18,20H,6,9-13,26H2,1-2H3,(H,30,37)(H,31,35)(H,32,36)(H,33,34)(H,38,39)(H4,27,28,29). The number of nitrogens with one attached hydrogen (secondary N) is 3. The van der Waals surface area contributed by atoms with E-state index in [-0.39, 0.29) is 44.6 Å². The second kappa shape index (κ2) is 16.6. The normalized spacial score (nSPS) is 13.8. The van der Waals surface area contributed by atoms with Crippen LogP contribution in [0.25, 0.3) is 0 Å². The van der Waals surface area contributed by atoms with Gasteiger partial charge in [-0.3, -0.25) is 24.2 Å². The molecule has 1 aromatic rings. The van der Waals surface area contributed by atoms with Gasteiger partial charge in [-0.25, -0.2) is 4.79 Å². The zero-order valence-electron chi connectivity index (χ0n) is 22.1. The van der Waals surface area contributed by atoms with E-state index in [4.69, 9.17) is 22.3 Å².